The highest BCUT2D eigenvalue weighted by atomic mass is 32.2. The van der Waals surface area contributed by atoms with Crippen LogP contribution in [0, 0.1) is 5.92 Å². The number of hydrogen-bond donors (Lipinski definition) is 0. The minimum Gasteiger partial charge on any atom is -0.155 e. The molecule has 1 aliphatic rings. The number of rotatable bonds is 6. The Kier molecular flexibility index (Phi) is 4.61. The van der Waals surface area contributed by atoms with Crippen molar-refractivity contribution in [3.8, 4) is 0 Å². The molecule has 1 heteroatoms. The fraction of sp³-hybridized carbons (Fsp3) is 0.438. The lowest BCUT2D eigenvalue weighted by molar-refractivity contribution is 0.823. The van der Waals surface area contributed by atoms with Gasteiger partial charge in [-0.1, -0.05) is 31.2 Å². The van der Waals surface area contributed by atoms with E-state index in [1.807, 2.05) is 6.08 Å². The zero-order valence-electron chi connectivity index (χ0n) is 10.7. The van der Waals surface area contributed by atoms with Crippen LogP contribution in [0.2, 0.25) is 0 Å². The topological polar surface area (TPSA) is 0 Å². The summed E-state index contributed by atoms with van der Waals surface area (Å²) >= 11 is 0. The molecule has 0 amide bonds. The van der Waals surface area contributed by atoms with Gasteiger partial charge in [-0.05, 0) is 54.4 Å². The molecule has 1 aromatic rings. The molecule has 0 nitrogen and oxygen atoms in total. The van der Waals surface area contributed by atoms with Gasteiger partial charge in [-0.3, -0.25) is 0 Å². The molecule has 1 fully saturated rings. The summed E-state index contributed by atoms with van der Waals surface area (Å²) in [7, 11) is 0.420. The Hall–Kier alpha value is -0.820. The molecule has 0 radical (unpaired) electrons. The molecule has 1 aromatic carbocycles. The van der Waals surface area contributed by atoms with Crippen molar-refractivity contribution in [2.45, 2.75) is 37.5 Å². The summed E-state index contributed by atoms with van der Waals surface area (Å²) in [6.07, 6.45) is 7.19. The van der Waals surface area contributed by atoms with Crippen LogP contribution in [-0.2, 0) is 0 Å². The maximum absolute atomic E-state index is 3.79. The summed E-state index contributed by atoms with van der Waals surface area (Å²) in [6, 6.07) is 11.1. The average molecular weight is 246 g/mol. The average Bonchev–Trinajstić information content (AvgIpc) is 3.07. The lowest BCUT2D eigenvalue weighted by Crippen LogP contribution is -1.88. The number of hydrogen-bond acceptors (Lipinski definition) is 0. The molecule has 1 saturated carbocycles. The third kappa shape index (κ3) is 3.57. The Labute approximate surface area is 108 Å². The first-order valence-corrected chi connectivity index (χ1v) is 7.95. The van der Waals surface area contributed by atoms with E-state index in [0.29, 0.717) is 10.5 Å². The Morgan fingerprint density at radius 3 is 2.59 bits per heavy atom. The van der Waals surface area contributed by atoms with Crippen molar-refractivity contribution in [3.05, 3.63) is 43.0 Å². The van der Waals surface area contributed by atoms with Crippen LogP contribution in [0.4, 0.5) is 0 Å². The van der Waals surface area contributed by atoms with Crippen molar-refractivity contribution >= 4 is 15.3 Å². The van der Waals surface area contributed by atoms with E-state index in [-0.39, 0.29) is 0 Å². The van der Waals surface area contributed by atoms with Crippen LogP contribution in [0.5, 0.6) is 0 Å². The van der Waals surface area contributed by atoms with E-state index in [1.165, 1.54) is 25.0 Å². The van der Waals surface area contributed by atoms with E-state index in [2.05, 4.69) is 43.8 Å². The summed E-state index contributed by atoms with van der Waals surface area (Å²) in [5.74, 6) is 2.22. The fourth-order valence-electron chi connectivity index (χ4n) is 2.11. The molecular formula is C16H22S. The van der Waals surface area contributed by atoms with Crippen LogP contribution in [0.3, 0.4) is 0 Å². The second kappa shape index (κ2) is 6.20. The van der Waals surface area contributed by atoms with E-state index < -0.39 is 0 Å². The minimum absolute atomic E-state index is 0.420. The summed E-state index contributed by atoms with van der Waals surface area (Å²) in [5, 5.41) is 0. The quantitative estimate of drug-likeness (QED) is 0.381. The molecule has 0 saturated heterocycles. The molecule has 2 rings (SSSR count). The van der Waals surface area contributed by atoms with Gasteiger partial charge in [0.05, 0.1) is 0 Å². The Morgan fingerprint density at radius 1 is 1.29 bits per heavy atom. The largest absolute Gasteiger partial charge is 0.155 e. The Morgan fingerprint density at radius 2 is 2.00 bits per heavy atom. The van der Waals surface area contributed by atoms with Gasteiger partial charge in [-0.2, -0.15) is 10.5 Å². The third-order valence-electron chi connectivity index (χ3n) is 3.25. The van der Waals surface area contributed by atoms with Gasteiger partial charge in [0, 0.05) is 4.90 Å². The van der Waals surface area contributed by atoms with Crippen molar-refractivity contribution < 1.29 is 0 Å². The van der Waals surface area contributed by atoms with Crippen LogP contribution in [0.1, 0.15) is 32.6 Å². The van der Waals surface area contributed by atoms with Crippen LogP contribution < -0.4 is 0 Å². The standard InChI is InChI=1S/C16H22S/c1-3-4-5-9-12-17(16-13-14(16)2)15-10-7-6-8-11-15/h3,6-8,10-11,14H,1,4-5,9,12-13H2,2H3/t14-,17?/m0/s1. The van der Waals surface area contributed by atoms with Crippen LogP contribution in [0.15, 0.2) is 47.9 Å². The molecular weight excluding hydrogens is 224 g/mol. The van der Waals surface area contributed by atoms with Crippen molar-refractivity contribution in [1.82, 2.24) is 0 Å². The summed E-state index contributed by atoms with van der Waals surface area (Å²) in [5.41, 5.74) is 0. The molecule has 0 N–H and O–H groups in total. The van der Waals surface area contributed by atoms with Crippen LogP contribution in [0.25, 0.3) is 0 Å². The van der Waals surface area contributed by atoms with E-state index in [0.717, 1.165) is 12.3 Å². The number of allylic oxidation sites excluding steroid dienone is 1. The molecule has 92 valence electrons. The van der Waals surface area contributed by atoms with Gasteiger partial charge in [-0.15, -0.1) is 6.58 Å². The normalized spacial score (nSPS) is 22.2. The molecule has 0 aliphatic heterocycles. The molecule has 0 spiro atoms. The first kappa shape index (κ1) is 12.6. The van der Waals surface area contributed by atoms with E-state index in [1.54, 1.807) is 9.76 Å². The summed E-state index contributed by atoms with van der Waals surface area (Å²) < 4.78 is 0. The Balaban J connectivity index is 2.04. The van der Waals surface area contributed by atoms with Gasteiger partial charge in [0.1, 0.15) is 0 Å². The maximum atomic E-state index is 3.79. The first-order chi connectivity index (χ1) is 8.33. The summed E-state index contributed by atoms with van der Waals surface area (Å²) in [6.45, 7) is 6.16. The Bertz CT molecular complexity index is 403. The highest BCUT2D eigenvalue weighted by molar-refractivity contribution is 8.16. The summed E-state index contributed by atoms with van der Waals surface area (Å²) in [4.78, 5) is 3.35. The van der Waals surface area contributed by atoms with Gasteiger partial charge in [0.2, 0.25) is 0 Å². The number of benzene rings is 1. The minimum atomic E-state index is 0.420. The predicted octanol–water partition coefficient (Wildman–Crippen LogP) is 4.88. The van der Waals surface area contributed by atoms with E-state index >= 15 is 0 Å². The third-order valence-corrected chi connectivity index (χ3v) is 5.99. The van der Waals surface area contributed by atoms with Gasteiger partial charge < -0.3 is 0 Å². The number of unbranched alkanes of at least 4 members (excludes halogenated alkanes) is 2. The van der Waals surface area contributed by atoms with Crippen molar-refractivity contribution in [2.75, 3.05) is 5.75 Å². The van der Waals surface area contributed by atoms with Gasteiger partial charge in [0.15, 0.2) is 0 Å². The lowest BCUT2D eigenvalue weighted by Gasteiger charge is -2.09. The van der Waals surface area contributed by atoms with E-state index in [9.17, 15) is 0 Å². The lowest BCUT2D eigenvalue weighted by atomic mass is 10.2. The zero-order chi connectivity index (χ0) is 12.1. The molecule has 0 bridgehead atoms. The highest BCUT2D eigenvalue weighted by Gasteiger charge is 2.27. The van der Waals surface area contributed by atoms with Crippen LogP contribution >= 0.6 is 10.5 Å². The molecule has 0 heterocycles. The molecule has 17 heavy (non-hydrogen) atoms. The molecule has 0 aromatic heterocycles. The van der Waals surface area contributed by atoms with Crippen LogP contribution in [-0.4, -0.2) is 10.6 Å². The highest BCUT2D eigenvalue weighted by Crippen LogP contribution is 2.41. The van der Waals surface area contributed by atoms with Gasteiger partial charge in [-0.25, -0.2) is 0 Å². The van der Waals surface area contributed by atoms with Crippen molar-refractivity contribution in [2.24, 2.45) is 5.92 Å². The monoisotopic (exact) mass is 246 g/mol. The second-order valence-corrected chi connectivity index (χ2v) is 6.95. The predicted molar refractivity (Wildman–Crippen MR) is 80.0 cm³/mol. The maximum Gasteiger partial charge on any atom is 0.00162 e. The van der Waals surface area contributed by atoms with Gasteiger partial charge in [0.25, 0.3) is 0 Å². The smallest absolute Gasteiger partial charge is 0.00162 e. The SMILES string of the molecule is C=CCCCC/S(=C1/C[C@@H]1C)c1ccccc1. The first-order valence-electron chi connectivity index (χ1n) is 6.55. The molecule has 1 aliphatic carbocycles. The van der Waals surface area contributed by atoms with E-state index in [4.69, 9.17) is 0 Å². The van der Waals surface area contributed by atoms with Crippen molar-refractivity contribution in [3.63, 3.8) is 0 Å². The molecule has 2 atom stereocenters. The van der Waals surface area contributed by atoms with Gasteiger partial charge >= 0.3 is 0 Å². The second-order valence-electron chi connectivity index (χ2n) is 4.76. The zero-order valence-corrected chi connectivity index (χ0v) is 11.5. The van der Waals surface area contributed by atoms with Crippen molar-refractivity contribution in [1.29, 1.82) is 0 Å². The molecule has 1 unspecified atom stereocenters. The fourth-order valence-corrected chi connectivity index (χ4v) is 4.82.